The first kappa shape index (κ1) is 25.6. The molecule has 0 spiro atoms. The Morgan fingerprint density at radius 3 is 1.83 bits per heavy atom. The molecule has 3 aromatic carbocycles. The summed E-state index contributed by atoms with van der Waals surface area (Å²) in [5.41, 5.74) is 3.83. The molecule has 0 saturated carbocycles. The van der Waals surface area contributed by atoms with E-state index in [1.807, 2.05) is 69.3 Å². The summed E-state index contributed by atoms with van der Waals surface area (Å²) in [5.74, 6) is 0.0338. The molecule has 0 radical (unpaired) electrons. The molecule has 2 amide bonds. The predicted octanol–water partition coefficient (Wildman–Crippen LogP) is 6.22. The molecular weight excluding hydrogens is 540 g/mol. The van der Waals surface area contributed by atoms with Crippen LogP contribution in [0.5, 0.6) is 11.5 Å². The van der Waals surface area contributed by atoms with Gasteiger partial charge in [0.15, 0.2) is 16.6 Å². The summed E-state index contributed by atoms with van der Waals surface area (Å²) >= 11 is 9.20. The smallest absolute Gasteiger partial charge is 0.270 e. The first-order chi connectivity index (χ1) is 17.2. The van der Waals surface area contributed by atoms with Crippen LogP contribution in [-0.4, -0.2) is 30.6 Å². The lowest BCUT2D eigenvalue weighted by Gasteiger charge is -2.36. The van der Waals surface area contributed by atoms with Crippen molar-refractivity contribution in [2.75, 3.05) is 23.5 Å². The SMILES string of the molecule is CCOc1cc(C=C2C(=O)N(c3ccc(C)cc3)C(=S)N(c3ccc(C)cc3)C2=O)cc(Br)c1OC. The van der Waals surface area contributed by atoms with Gasteiger partial charge < -0.3 is 9.47 Å². The lowest BCUT2D eigenvalue weighted by atomic mass is 10.0. The quantitative estimate of drug-likeness (QED) is 0.202. The van der Waals surface area contributed by atoms with E-state index in [-0.39, 0.29) is 10.7 Å². The summed E-state index contributed by atoms with van der Waals surface area (Å²) in [5, 5.41) is 0.0979. The van der Waals surface area contributed by atoms with Crippen LogP contribution in [0.2, 0.25) is 0 Å². The second-order valence-electron chi connectivity index (χ2n) is 8.26. The Morgan fingerprint density at radius 2 is 1.39 bits per heavy atom. The van der Waals surface area contributed by atoms with Gasteiger partial charge >= 0.3 is 0 Å². The van der Waals surface area contributed by atoms with E-state index >= 15 is 0 Å². The fourth-order valence-corrected chi connectivity index (χ4v) is 4.87. The highest BCUT2D eigenvalue weighted by Gasteiger charge is 2.41. The van der Waals surface area contributed by atoms with E-state index in [4.69, 9.17) is 21.7 Å². The summed E-state index contributed by atoms with van der Waals surface area (Å²) in [4.78, 5) is 30.3. The molecule has 184 valence electrons. The van der Waals surface area contributed by atoms with Crippen LogP contribution in [0.25, 0.3) is 6.08 Å². The van der Waals surface area contributed by atoms with E-state index in [1.165, 1.54) is 9.80 Å². The highest BCUT2D eigenvalue weighted by atomic mass is 79.9. The molecule has 1 aliphatic rings. The monoisotopic (exact) mass is 564 g/mol. The number of thiocarbonyl (C=S) groups is 1. The normalized spacial score (nSPS) is 13.8. The summed E-state index contributed by atoms with van der Waals surface area (Å²) in [6.45, 7) is 6.22. The van der Waals surface area contributed by atoms with Crippen LogP contribution >= 0.6 is 28.1 Å². The number of halogens is 1. The van der Waals surface area contributed by atoms with Gasteiger partial charge in [-0.05, 0) is 97.0 Å². The molecule has 4 rings (SSSR count). The maximum atomic E-state index is 13.7. The van der Waals surface area contributed by atoms with Crippen molar-refractivity contribution in [2.45, 2.75) is 20.8 Å². The van der Waals surface area contributed by atoms with E-state index in [9.17, 15) is 9.59 Å². The minimum atomic E-state index is -0.498. The van der Waals surface area contributed by atoms with Crippen molar-refractivity contribution in [1.82, 2.24) is 0 Å². The largest absolute Gasteiger partial charge is 0.492 e. The zero-order chi connectivity index (χ0) is 26.0. The third kappa shape index (κ3) is 4.92. The molecule has 36 heavy (non-hydrogen) atoms. The number of carbonyl (C=O) groups is 2. The van der Waals surface area contributed by atoms with Gasteiger partial charge in [-0.25, -0.2) is 0 Å². The van der Waals surface area contributed by atoms with E-state index < -0.39 is 11.8 Å². The Morgan fingerprint density at radius 1 is 0.889 bits per heavy atom. The first-order valence-corrected chi connectivity index (χ1v) is 12.5. The summed E-state index contributed by atoms with van der Waals surface area (Å²) in [6.07, 6.45) is 1.56. The molecule has 1 heterocycles. The van der Waals surface area contributed by atoms with E-state index in [0.717, 1.165) is 11.1 Å². The minimum absolute atomic E-state index is 0.0238. The number of aryl methyl sites for hydroxylation is 2. The number of carbonyl (C=O) groups excluding carboxylic acids is 2. The van der Waals surface area contributed by atoms with Crippen molar-refractivity contribution in [2.24, 2.45) is 0 Å². The van der Waals surface area contributed by atoms with Gasteiger partial charge in [-0.1, -0.05) is 35.4 Å². The molecule has 0 N–H and O–H groups in total. The van der Waals surface area contributed by atoms with Crippen molar-refractivity contribution in [1.29, 1.82) is 0 Å². The zero-order valence-electron chi connectivity index (χ0n) is 20.4. The molecule has 3 aromatic rings. The molecular formula is C28H25BrN2O4S. The van der Waals surface area contributed by atoms with Gasteiger partial charge in [0.05, 0.1) is 29.6 Å². The van der Waals surface area contributed by atoms with Crippen LogP contribution in [0, 0.1) is 13.8 Å². The average molecular weight is 565 g/mol. The molecule has 0 unspecified atom stereocenters. The standard InChI is InChI=1S/C28H25BrN2O4S/c1-5-35-24-16-19(15-23(29)25(24)34-4)14-22-26(32)30(20-10-6-17(2)7-11-20)28(36)31(27(22)33)21-12-8-18(3)9-13-21/h6-16H,5H2,1-4H3. The highest BCUT2D eigenvalue weighted by Crippen LogP contribution is 2.38. The van der Waals surface area contributed by atoms with Gasteiger partial charge in [-0.2, -0.15) is 0 Å². The number of ether oxygens (including phenoxy) is 2. The number of hydrogen-bond donors (Lipinski definition) is 0. The molecule has 0 aliphatic carbocycles. The van der Waals surface area contributed by atoms with E-state index in [0.29, 0.717) is 39.5 Å². The van der Waals surface area contributed by atoms with Crippen LogP contribution in [-0.2, 0) is 9.59 Å². The predicted molar refractivity (Wildman–Crippen MR) is 150 cm³/mol. The minimum Gasteiger partial charge on any atom is -0.492 e. The van der Waals surface area contributed by atoms with Crippen LogP contribution in [0.1, 0.15) is 23.6 Å². The van der Waals surface area contributed by atoms with Crippen molar-refractivity contribution in [3.63, 3.8) is 0 Å². The first-order valence-electron chi connectivity index (χ1n) is 11.3. The Hall–Kier alpha value is -3.49. The molecule has 1 aliphatic heterocycles. The number of methoxy groups -OCH3 is 1. The van der Waals surface area contributed by atoms with Gasteiger partial charge in [0.2, 0.25) is 0 Å². The number of anilines is 2. The molecule has 1 saturated heterocycles. The topological polar surface area (TPSA) is 59.1 Å². The third-order valence-electron chi connectivity index (χ3n) is 5.68. The fourth-order valence-electron chi connectivity index (χ4n) is 3.87. The van der Waals surface area contributed by atoms with Gasteiger partial charge in [0.1, 0.15) is 5.57 Å². The zero-order valence-corrected chi connectivity index (χ0v) is 22.8. The van der Waals surface area contributed by atoms with Crippen LogP contribution in [0.15, 0.2) is 70.7 Å². The molecule has 0 bridgehead atoms. The average Bonchev–Trinajstić information content (AvgIpc) is 2.84. The number of hydrogen-bond acceptors (Lipinski definition) is 5. The lowest BCUT2D eigenvalue weighted by Crippen LogP contribution is -2.56. The number of amides is 2. The maximum absolute atomic E-state index is 13.7. The van der Waals surface area contributed by atoms with Crippen LogP contribution < -0.4 is 19.3 Å². The highest BCUT2D eigenvalue weighted by molar-refractivity contribution is 9.10. The summed E-state index contributed by atoms with van der Waals surface area (Å²) in [7, 11) is 1.55. The number of rotatable bonds is 6. The second kappa shape index (κ2) is 10.6. The second-order valence-corrected chi connectivity index (χ2v) is 9.48. The number of benzene rings is 3. The van der Waals surface area contributed by atoms with Crippen molar-refractivity contribution < 1.29 is 19.1 Å². The molecule has 6 nitrogen and oxygen atoms in total. The fraction of sp³-hybridized carbons (Fsp3) is 0.179. The van der Waals surface area contributed by atoms with Crippen molar-refractivity contribution >= 4 is 62.5 Å². The third-order valence-corrected chi connectivity index (χ3v) is 6.63. The van der Waals surface area contributed by atoms with E-state index in [1.54, 1.807) is 25.3 Å². The summed E-state index contributed by atoms with van der Waals surface area (Å²) in [6, 6.07) is 18.4. The van der Waals surface area contributed by atoms with Gasteiger partial charge in [0.25, 0.3) is 11.8 Å². The van der Waals surface area contributed by atoms with Crippen molar-refractivity contribution in [3.8, 4) is 11.5 Å². The Kier molecular flexibility index (Phi) is 7.56. The molecule has 8 heteroatoms. The van der Waals surface area contributed by atoms with Crippen molar-refractivity contribution in [3.05, 3.63) is 87.4 Å². The Bertz CT molecular complexity index is 1300. The Balaban J connectivity index is 1.88. The molecule has 0 aromatic heterocycles. The Labute approximate surface area is 224 Å². The summed E-state index contributed by atoms with van der Waals surface area (Å²) < 4.78 is 11.8. The van der Waals surface area contributed by atoms with E-state index in [2.05, 4.69) is 15.9 Å². The van der Waals surface area contributed by atoms with Gasteiger partial charge in [0, 0.05) is 0 Å². The van der Waals surface area contributed by atoms with Crippen LogP contribution in [0.4, 0.5) is 11.4 Å². The molecule has 0 atom stereocenters. The number of nitrogens with zero attached hydrogens (tertiary/aromatic N) is 2. The van der Waals surface area contributed by atoms with Gasteiger partial charge in [-0.15, -0.1) is 0 Å². The van der Waals surface area contributed by atoms with Gasteiger partial charge in [-0.3, -0.25) is 19.4 Å². The van der Waals surface area contributed by atoms with Crippen LogP contribution in [0.3, 0.4) is 0 Å². The molecule has 1 fully saturated rings. The maximum Gasteiger partial charge on any atom is 0.270 e. The lowest BCUT2D eigenvalue weighted by molar-refractivity contribution is -0.120.